The molecular weight excluding hydrogens is 403 g/mol. The van der Waals surface area contributed by atoms with Crippen LogP contribution in [0.25, 0.3) is 11.1 Å². The Morgan fingerprint density at radius 3 is 2.34 bits per heavy atom. The highest BCUT2D eigenvalue weighted by Crippen LogP contribution is 2.38. The van der Waals surface area contributed by atoms with Crippen LogP contribution < -0.4 is 4.74 Å². The summed E-state index contributed by atoms with van der Waals surface area (Å²) in [6.45, 7) is 4.76. The largest absolute Gasteiger partial charge is 0.513 e. The van der Waals surface area contributed by atoms with Gasteiger partial charge in [0.15, 0.2) is 0 Å². The van der Waals surface area contributed by atoms with Crippen molar-refractivity contribution in [1.82, 2.24) is 0 Å². The Bertz CT molecular complexity index is 838. The predicted octanol–water partition coefficient (Wildman–Crippen LogP) is 8.66. The molecule has 1 fully saturated rings. The fourth-order valence-corrected chi connectivity index (χ4v) is 4.72. The van der Waals surface area contributed by atoms with E-state index in [1.165, 1.54) is 25.7 Å². The lowest BCUT2D eigenvalue weighted by atomic mass is 9.77. The topological polar surface area (TPSA) is 35.5 Å². The van der Waals surface area contributed by atoms with Crippen molar-refractivity contribution in [2.24, 2.45) is 5.92 Å². The standard InChI is InChI=1S/C28H37FO3/c1-3-5-6-7-19-31-28(30)32-25-16-13-23(14-17-25)26-18-15-24(20-27(26)29)22-11-9-21(8-4-2)10-12-22/h13-18,20-22H,3-12,19H2,1-2H3. The van der Waals surface area contributed by atoms with Crippen LogP contribution in [0, 0.1) is 11.7 Å². The second kappa shape index (κ2) is 12.6. The Morgan fingerprint density at radius 1 is 0.938 bits per heavy atom. The molecular formula is C28H37FO3. The molecule has 2 aromatic rings. The van der Waals surface area contributed by atoms with Gasteiger partial charge in [-0.1, -0.05) is 70.2 Å². The molecule has 174 valence electrons. The lowest BCUT2D eigenvalue weighted by Gasteiger charge is -2.28. The molecule has 1 aliphatic rings. The molecule has 0 aromatic heterocycles. The zero-order valence-electron chi connectivity index (χ0n) is 19.6. The van der Waals surface area contributed by atoms with Crippen LogP contribution in [0.2, 0.25) is 0 Å². The first-order chi connectivity index (χ1) is 15.6. The van der Waals surface area contributed by atoms with Crippen molar-refractivity contribution in [1.29, 1.82) is 0 Å². The smallest absolute Gasteiger partial charge is 0.434 e. The molecule has 0 N–H and O–H groups in total. The molecule has 0 unspecified atom stereocenters. The van der Waals surface area contributed by atoms with Crippen LogP contribution in [0.15, 0.2) is 42.5 Å². The van der Waals surface area contributed by atoms with Crippen LogP contribution in [0.3, 0.4) is 0 Å². The SMILES string of the molecule is CCCCCCOC(=O)Oc1ccc(-c2ccc(C3CCC(CCC)CC3)cc2F)cc1. The number of hydrogen-bond acceptors (Lipinski definition) is 3. The normalized spacial score (nSPS) is 18.3. The van der Waals surface area contributed by atoms with E-state index in [4.69, 9.17) is 9.47 Å². The van der Waals surface area contributed by atoms with E-state index in [0.717, 1.165) is 55.6 Å². The fourth-order valence-electron chi connectivity index (χ4n) is 4.72. The molecule has 2 aromatic carbocycles. The molecule has 0 amide bonds. The average Bonchev–Trinajstić information content (AvgIpc) is 2.80. The molecule has 32 heavy (non-hydrogen) atoms. The minimum absolute atomic E-state index is 0.196. The van der Waals surface area contributed by atoms with Gasteiger partial charge in [0.25, 0.3) is 0 Å². The lowest BCUT2D eigenvalue weighted by Crippen LogP contribution is -2.13. The molecule has 0 aliphatic heterocycles. The van der Waals surface area contributed by atoms with E-state index in [-0.39, 0.29) is 5.82 Å². The molecule has 0 spiro atoms. The number of ether oxygens (including phenoxy) is 2. The van der Waals surface area contributed by atoms with Gasteiger partial charge in [-0.15, -0.1) is 0 Å². The van der Waals surface area contributed by atoms with E-state index < -0.39 is 6.16 Å². The third-order valence-electron chi connectivity index (χ3n) is 6.59. The van der Waals surface area contributed by atoms with Gasteiger partial charge < -0.3 is 9.47 Å². The van der Waals surface area contributed by atoms with Gasteiger partial charge >= 0.3 is 6.16 Å². The summed E-state index contributed by atoms with van der Waals surface area (Å²) < 4.78 is 25.2. The van der Waals surface area contributed by atoms with E-state index in [0.29, 0.717) is 23.8 Å². The van der Waals surface area contributed by atoms with Crippen molar-refractivity contribution >= 4 is 6.16 Å². The summed E-state index contributed by atoms with van der Waals surface area (Å²) in [5.41, 5.74) is 2.45. The number of hydrogen-bond donors (Lipinski definition) is 0. The number of benzene rings is 2. The van der Waals surface area contributed by atoms with Crippen LogP contribution in [-0.2, 0) is 4.74 Å². The summed E-state index contributed by atoms with van der Waals surface area (Å²) in [5, 5.41) is 0. The molecule has 3 rings (SSSR count). The third kappa shape index (κ3) is 7.08. The molecule has 0 bridgehead atoms. The summed E-state index contributed by atoms with van der Waals surface area (Å²) in [7, 11) is 0. The second-order valence-electron chi connectivity index (χ2n) is 9.03. The number of rotatable bonds is 10. The number of unbranched alkanes of at least 4 members (excludes halogenated alkanes) is 3. The van der Waals surface area contributed by atoms with Gasteiger partial charge in [-0.2, -0.15) is 0 Å². The minimum atomic E-state index is -0.696. The summed E-state index contributed by atoms with van der Waals surface area (Å²) >= 11 is 0. The first kappa shape index (κ1) is 24.3. The highest BCUT2D eigenvalue weighted by Gasteiger charge is 2.22. The fraction of sp³-hybridized carbons (Fsp3) is 0.536. The maximum atomic E-state index is 14.9. The minimum Gasteiger partial charge on any atom is -0.434 e. The van der Waals surface area contributed by atoms with Crippen molar-refractivity contribution in [3.8, 4) is 16.9 Å². The van der Waals surface area contributed by atoms with Crippen LogP contribution >= 0.6 is 0 Å². The van der Waals surface area contributed by atoms with Gasteiger partial charge in [0.2, 0.25) is 0 Å². The molecule has 4 heteroatoms. The van der Waals surface area contributed by atoms with E-state index in [1.807, 2.05) is 6.07 Å². The highest BCUT2D eigenvalue weighted by atomic mass is 19.1. The predicted molar refractivity (Wildman–Crippen MR) is 128 cm³/mol. The lowest BCUT2D eigenvalue weighted by molar-refractivity contribution is 0.0973. The van der Waals surface area contributed by atoms with Crippen LogP contribution in [0.4, 0.5) is 9.18 Å². The Morgan fingerprint density at radius 2 is 1.69 bits per heavy atom. The van der Waals surface area contributed by atoms with E-state index >= 15 is 0 Å². The van der Waals surface area contributed by atoms with Crippen LogP contribution in [-0.4, -0.2) is 12.8 Å². The Labute approximate surface area is 192 Å². The molecule has 0 heterocycles. The summed E-state index contributed by atoms with van der Waals surface area (Å²) in [6, 6.07) is 12.6. The first-order valence-electron chi connectivity index (χ1n) is 12.3. The zero-order chi connectivity index (χ0) is 22.8. The van der Waals surface area contributed by atoms with Gasteiger partial charge in [-0.3, -0.25) is 0 Å². The Hall–Kier alpha value is -2.36. The zero-order valence-corrected chi connectivity index (χ0v) is 19.6. The van der Waals surface area contributed by atoms with Crippen molar-refractivity contribution in [2.75, 3.05) is 6.61 Å². The van der Waals surface area contributed by atoms with Gasteiger partial charge in [0.05, 0.1) is 6.61 Å². The number of halogens is 1. The summed E-state index contributed by atoms with van der Waals surface area (Å²) in [5.74, 6) is 1.52. The maximum absolute atomic E-state index is 14.9. The molecule has 3 nitrogen and oxygen atoms in total. The van der Waals surface area contributed by atoms with Crippen LogP contribution in [0.1, 0.15) is 89.5 Å². The molecule has 0 atom stereocenters. The molecule has 0 radical (unpaired) electrons. The third-order valence-corrected chi connectivity index (χ3v) is 6.59. The quantitative estimate of drug-likeness (QED) is 0.211. The van der Waals surface area contributed by atoms with Crippen molar-refractivity contribution < 1.29 is 18.7 Å². The average molecular weight is 441 g/mol. The summed E-state index contributed by atoms with van der Waals surface area (Å²) in [6.07, 6.45) is 10.9. The van der Waals surface area contributed by atoms with Gasteiger partial charge in [-0.05, 0) is 73.3 Å². The van der Waals surface area contributed by atoms with Gasteiger partial charge in [-0.25, -0.2) is 9.18 Å². The second-order valence-corrected chi connectivity index (χ2v) is 9.03. The number of carbonyl (C=O) groups is 1. The Kier molecular flexibility index (Phi) is 9.58. The molecule has 0 saturated heterocycles. The first-order valence-corrected chi connectivity index (χ1v) is 12.3. The van der Waals surface area contributed by atoms with Crippen LogP contribution in [0.5, 0.6) is 5.75 Å². The highest BCUT2D eigenvalue weighted by molar-refractivity contribution is 5.67. The van der Waals surface area contributed by atoms with E-state index in [1.54, 1.807) is 30.3 Å². The van der Waals surface area contributed by atoms with Crippen molar-refractivity contribution in [3.63, 3.8) is 0 Å². The monoisotopic (exact) mass is 440 g/mol. The van der Waals surface area contributed by atoms with Gasteiger partial charge in [0, 0.05) is 5.56 Å². The molecule has 1 saturated carbocycles. The molecule has 1 aliphatic carbocycles. The van der Waals surface area contributed by atoms with E-state index in [9.17, 15) is 9.18 Å². The van der Waals surface area contributed by atoms with E-state index in [2.05, 4.69) is 19.9 Å². The van der Waals surface area contributed by atoms with Crippen molar-refractivity contribution in [2.45, 2.75) is 84.0 Å². The van der Waals surface area contributed by atoms with Gasteiger partial charge in [0.1, 0.15) is 11.6 Å². The Balaban J connectivity index is 1.54. The number of carbonyl (C=O) groups excluding carboxylic acids is 1. The maximum Gasteiger partial charge on any atom is 0.513 e. The summed E-state index contributed by atoms with van der Waals surface area (Å²) in [4.78, 5) is 11.8. The van der Waals surface area contributed by atoms with Crippen molar-refractivity contribution in [3.05, 3.63) is 53.8 Å².